The van der Waals surface area contributed by atoms with Crippen LogP contribution in [0.3, 0.4) is 0 Å². The number of pyridine rings is 1. The first-order chi connectivity index (χ1) is 6.45. The van der Waals surface area contributed by atoms with E-state index in [2.05, 4.69) is 35.3 Å². The average Bonchev–Trinajstić information content (AvgIpc) is 2.65. The topological polar surface area (TPSA) is 12.9 Å². The molecular weight excluding hydrogens is 158 g/mol. The Morgan fingerprint density at radius 1 is 1.15 bits per heavy atom. The Bertz CT molecular complexity index is 497. The van der Waals surface area contributed by atoms with Crippen molar-refractivity contribution in [2.24, 2.45) is 0 Å². The van der Waals surface area contributed by atoms with Crippen molar-refractivity contribution in [3.8, 4) is 0 Å². The van der Waals surface area contributed by atoms with Crippen molar-refractivity contribution in [3.63, 3.8) is 0 Å². The molecule has 0 saturated carbocycles. The van der Waals surface area contributed by atoms with Crippen LogP contribution in [0.1, 0.15) is 11.1 Å². The Morgan fingerprint density at radius 3 is 3.15 bits per heavy atom. The molecule has 0 spiro atoms. The number of hydrogen-bond acceptors (Lipinski definition) is 1. The number of allylic oxidation sites excluding steroid dienone is 1. The molecule has 1 aliphatic carbocycles. The van der Waals surface area contributed by atoms with Gasteiger partial charge in [0.2, 0.25) is 0 Å². The molecule has 1 aliphatic rings. The summed E-state index contributed by atoms with van der Waals surface area (Å²) in [5, 5.41) is 1.24. The van der Waals surface area contributed by atoms with Gasteiger partial charge in [-0.25, -0.2) is 0 Å². The van der Waals surface area contributed by atoms with Crippen molar-refractivity contribution >= 4 is 17.0 Å². The summed E-state index contributed by atoms with van der Waals surface area (Å²) in [6.45, 7) is 0. The lowest BCUT2D eigenvalue weighted by atomic mass is 10.1. The molecule has 3 rings (SSSR count). The predicted molar refractivity (Wildman–Crippen MR) is 54.5 cm³/mol. The molecule has 0 N–H and O–H groups in total. The summed E-state index contributed by atoms with van der Waals surface area (Å²) in [5.41, 5.74) is 3.86. The molecule has 1 heteroatoms. The highest BCUT2D eigenvalue weighted by atomic mass is 14.6. The number of benzene rings is 1. The van der Waals surface area contributed by atoms with Crippen LogP contribution in [-0.4, -0.2) is 4.98 Å². The maximum absolute atomic E-state index is 4.41. The molecule has 0 aliphatic heterocycles. The Labute approximate surface area is 76.7 Å². The van der Waals surface area contributed by atoms with E-state index in [9.17, 15) is 0 Å². The lowest BCUT2D eigenvalue weighted by molar-refractivity contribution is 1.29. The van der Waals surface area contributed by atoms with E-state index in [-0.39, 0.29) is 0 Å². The fraction of sp³-hybridized carbons (Fsp3) is 0.0833. The maximum atomic E-state index is 4.41. The van der Waals surface area contributed by atoms with Crippen molar-refractivity contribution in [1.29, 1.82) is 0 Å². The minimum Gasteiger partial charge on any atom is -0.256 e. The van der Waals surface area contributed by atoms with Gasteiger partial charge in [-0.05, 0) is 23.6 Å². The van der Waals surface area contributed by atoms with Gasteiger partial charge in [-0.3, -0.25) is 4.98 Å². The highest BCUT2D eigenvalue weighted by molar-refractivity contribution is 5.86. The van der Waals surface area contributed by atoms with Crippen LogP contribution in [0.2, 0.25) is 0 Å². The zero-order chi connectivity index (χ0) is 8.67. The molecule has 1 aromatic carbocycles. The monoisotopic (exact) mass is 167 g/mol. The molecule has 1 heterocycles. The van der Waals surface area contributed by atoms with Gasteiger partial charge in [-0.2, -0.15) is 0 Å². The van der Waals surface area contributed by atoms with Crippen LogP contribution >= 0.6 is 0 Å². The molecule has 1 aromatic heterocycles. The zero-order valence-electron chi connectivity index (χ0n) is 7.20. The molecule has 0 fully saturated rings. The van der Waals surface area contributed by atoms with Crippen LogP contribution in [0.4, 0.5) is 0 Å². The number of nitrogens with zero attached hydrogens (tertiary/aromatic N) is 1. The van der Waals surface area contributed by atoms with Crippen molar-refractivity contribution in [3.05, 3.63) is 47.7 Å². The summed E-state index contributed by atoms with van der Waals surface area (Å²) >= 11 is 0. The Morgan fingerprint density at radius 2 is 2.15 bits per heavy atom. The molecule has 0 saturated heterocycles. The van der Waals surface area contributed by atoms with Crippen molar-refractivity contribution in [2.45, 2.75) is 6.42 Å². The summed E-state index contributed by atoms with van der Waals surface area (Å²) in [5.74, 6) is 0. The quantitative estimate of drug-likeness (QED) is 0.588. The van der Waals surface area contributed by atoms with Gasteiger partial charge in [-0.15, -0.1) is 0 Å². The molecule has 0 atom stereocenters. The first-order valence-electron chi connectivity index (χ1n) is 4.48. The van der Waals surface area contributed by atoms with E-state index in [4.69, 9.17) is 0 Å². The third kappa shape index (κ3) is 0.903. The zero-order valence-corrected chi connectivity index (χ0v) is 7.20. The van der Waals surface area contributed by atoms with Crippen LogP contribution in [0.5, 0.6) is 0 Å². The minimum absolute atomic E-state index is 1.03. The maximum Gasteiger partial charge on any atom is 0.0743 e. The van der Waals surface area contributed by atoms with E-state index < -0.39 is 0 Å². The van der Waals surface area contributed by atoms with E-state index in [1.807, 2.05) is 12.3 Å². The van der Waals surface area contributed by atoms with E-state index >= 15 is 0 Å². The molecule has 13 heavy (non-hydrogen) atoms. The molecular formula is C12H9N. The standard InChI is InChI=1S/C12H9N/c1-3-9-6-7-10-4-2-8-13-12(10)11(9)5-1/h1-4,6-8H,5H2. The van der Waals surface area contributed by atoms with Crippen LogP contribution in [0.15, 0.2) is 36.5 Å². The van der Waals surface area contributed by atoms with Crippen molar-refractivity contribution < 1.29 is 0 Å². The third-order valence-corrected chi connectivity index (χ3v) is 2.54. The normalized spacial score (nSPS) is 13.5. The van der Waals surface area contributed by atoms with Gasteiger partial charge in [0.25, 0.3) is 0 Å². The summed E-state index contributed by atoms with van der Waals surface area (Å²) < 4.78 is 0. The van der Waals surface area contributed by atoms with Gasteiger partial charge >= 0.3 is 0 Å². The van der Waals surface area contributed by atoms with Crippen LogP contribution < -0.4 is 0 Å². The first kappa shape index (κ1) is 6.84. The van der Waals surface area contributed by atoms with Crippen LogP contribution in [-0.2, 0) is 6.42 Å². The fourth-order valence-corrected chi connectivity index (χ4v) is 1.90. The molecule has 2 aromatic rings. The summed E-state index contributed by atoms with van der Waals surface area (Å²) in [6.07, 6.45) is 7.26. The number of fused-ring (bicyclic) bond motifs is 3. The summed E-state index contributed by atoms with van der Waals surface area (Å²) in [6, 6.07) is 8.40. The van der Waals surface area contributed by atoms with Gasteiger partial charge < -0.3 is 0 Å². The van der Waals surface area contributed by atoms with E-state index in [1.165, 1.54) is 16.5 Å². The van der Waals surface area contributed by atoms with Crippen LogP contribution in [0, 0.1) is 0 Å². The summed E-state index contributed by atoms with van der Waals surface area (Å²) in [7, 11) is 0. The largest absolute Gasteiger partial charge is 0.256 e. The molecule has 0 unspecified atom stereocenters. The lowest BCUT2D eigenvalue weighted by Gasteiger charge is -2.02. The predicted octanol–water partition coefficient (Wildman–Crippen LogP) is 2.80. The van der Waals surface area contributed by atoms with Gasteiger partial charge in [-0.1, -0.05) is 30.4 Å². The van der Waals surface area contributed by atoms with Crippen LogP contribution in [0.25, 0.3) is 17.0 Å². The molecule has 0 radical (unpaired) electrons. The second-order valence-corrected chi connectivity index (χ2v) is 3.31. The molecule has 0 amide bonds. The Kier molecular flexibility index (Phi) is 1.28. The third-order valence-electron chi connectivity index (χ3n) is 2.54. The minimum atomic E-state index is 1.03. The number of rotatable bonds is 0. The Balaban J connectivity index is 2.46. The smallest absolute Gasteiger partial charge is 0.0743 e. The second kappa shape index (κ2) is 2.43. The highest BCUT2D eigenvalue weighted by Gasteiger charge is 2.08. The summed E-state index contributed by atoms with van der Waals surface area (Å²) in [4.78, 5) is 4.41. The highest BCUT2D eigenvalue weighted by Crippen LogP contribution is 2.26. The van der Waals surface area contributed by atoms with Gasteiger partial charge in [0, 0.05) is 11.6 Å². The second-order valence-electron chi connectivity index (χ2n) is 3.31. The lowest BCUT2D eigenvalue weighted by Crippen LogP contribution is -1.87. The first-order valence-corrected chi connectivity index (χ1v) is 4.48. The van der Waals surface area contributed by atoms with E-state index in [0.717, 1.165) is 11.9 Å². The van der Waals surface area contributed by atoms with Gasteiger partial charge in [0.15, 0.2) is 0 Å². The van der Waals surface area contributed by atoms with Crippen molar-refractivity contribution in [1.82, 2.24) is 4.98 Å². The van der Waals surface area contributed by atoms with Gasteiger partial charge in [0.05, 0.1) is 5.52 Å². The van der Waals surface area contributed by atoms with Gasteiger partial charge in [0.1, 0.15) is 0 Å². The molecule has 1 nitrogen and oxygen atoms in total. The molecule has 0 bridgehead atoms. The number of aromatic nitrogens is 1. The van der Waals surface area contributed by atoms with E-state index in [0.29, 0.717) is 0 Å². The fourth-order valence-electron chi connectivity index (χ4n) is 1.90. The SMILES string of the molecule is C1=Cc2ccc3cccnc3c2C1. The van der Waals surface area contributed by atoms with Crippen molar-refractivity contribution in [2.75, 3.05) is 0 Å². The van der Waals surface area contributed by atoms with E-state index in [1.54, 1.807) is 0 Å². The number of hydrogen-bond donors (Lipinski definition) is 0. The average molecular weight is 167 g/mol. The molecule has 62 valence electrons. The Hall–Kier alpha value is -1.63.